The number of aromatic nitrogens is 2. The summed E-state index contributed by atoms with van der Waals surface area (Å²) in [4.78, 5) is 116. The van der Waals surface area contributed by atoms with Gasteiger partial charge in [0.15, 0.2) is 0 Å². The maximum atomic E-state index is 14.3. The molecule has 4 rings (SSSR count). The number of fused-ring (bicyclic) bond motifs is 1. The molecule has 5 amide bonds. The van der Waals surface area contributed by atoms with Gasteiger partial charge in [0.1, 0.15) is 35.6 Å². The number of nitrogens with zero attached hydrogens (tertiary/aromatic N) is 3. The topological polar surface area (TPSA) is 234 Å². The van der Waals surface area contributed by atoms with Crippen LogP contribution in [0.5, 0.6) is 0 Å². The second-order valence-corrected chi connectivity index (χ2v) is 14.5. The minimum Gasteiger partial charge on any atom is -0.480 e. The summed E-state index contributed by atoms with van der Waals surface area (Å²) in [6.45, 7) is 8.52. The van der Waals surface area contributed by atoms with E-state index in [2.05, 4.69) is 31.2 Å². The third-order valence-electron chi connectivity index (χ3n) is 9.92. The number of hydrogen-bond donors (Lipinski definition) is 5. The van der Waals surface area contributed by atoms with Crippen molar-refractivity contribution in [2.24, 2.45) is 23.7 Å². The van der Waals surface area contributed by atoms with E-state index in [1.165, 1.54) is 23.5 Å². The van der Waals surface area contributed by atoms with Crippen LogP contribution in [0.25, 0.3) is 0 Å². The van der Waals surface area contributed by atoms with Crippen LogP contribution < -0.4 is 21.3 Å². The molecular formula is C38H49N7O9. The van der Waals surface area contributed by atoms with E-state index in [9.17, 15) is 43.5 Å². The second-order valence-electron chi connectivity index (χ2n) is 14.5. The van der Waals surface area contributed by atoms with E-state index < -0.39 is 95.2 Å². The molecule has 3 unspecified atom stereocenters. The Morgan fingerprint density at radius 3 is 2.17 bits per heavy atom. The highest BCUT2D eigenvalue weighted by Crippen LogP contribution is 2.41. The van der Waals surface area contributed by atoms with Gasteiger partial charge >= 0.3 is 5.97 Å². The normalized spacial score (nSPS) is 20.0. The molecule has 0 spiro atoms. The molecule has 0 bridgehead atoms. The van der Waals surface area contributed by atoms with Crippen molar-refractivity contribution in [1.82, 2.24) is 36.1 Å². The van der Waals surface area contributed by atoms with Crippen LogP contribution >= 0.6 is 0 Å². The number of carbonyl (C=O) groups excluding carboxylic acids is 7. The molecular weight excluding hydrogens is 698 g/mol. The Labute approximate surface area is 313 Å². The van der Waals surface area contributed by atoms with E-state index in [0.29, 0.717) is 18.4 Å². The van der Waals surface area contributed by atoms with Crippen LogP contribution in [-0.2, 0) is 40.0 Å². The van der Waals surface area contributed by atoms with Gasteiger partial charge in [-0.3, -0.25) is 38.5 Å². The lowest BCUT2D eigenvalue weighted by Crippen LogP contribution is -2.60. The van der Waals surface area contributed by atoms with Gasteiger partial charge < -0.3 is 31.3 Å². The number of amides is 5. The van der Waals surface area contributed by atoms with Crippen molar-refractivity contribution in [2.45, 2.75) is 96.9 Å². The van der Waals surface area contributed by atoms with Crippen molar-refractivity contribution in [3.8, 4) is 0 Å². The van der Waals surface area contributed by atoms with Crippen molar-refractivity contribution >= 4 is 47.1 Å². The Morgan fingerprint density at radius 1 is 0.889 bits per heavy atom. The number of ketones is 2. The zero-order valence-electron chi connectivity index (χ0n) is 31.1. The molecule has 1 saturated carbocycles. The quantitative estimate of drug-likeness (QED) is 0.142. The van der Waals surface area contributed by atoms with Crippen molar-refractivity contribution in [1.29, 1.82) is 0 Å². The molecule has 2 heterocycles. The Bertz CT molecular complexity index is 1720. The number of hydrogen-bond acceptors (Lipinski definition) is 10. The molecule has 1 saturated heterocycles. The zero-order chi connectivity index (χ0) is 39.7. The molecule has 5 N–H and O–H groups in total. The number of Topliss-reactive ketones (excluding diaryl/α,β-unsaturated/α-hetero) is 2. The smallest absolute Gasteiger partial charge is 0.326 e. The maximum absolute atomic E-state index is 14.3. The summed E-state index contributed by atoms with van der Waals surface area (Å²) in [7, 11) is 0. The van der Waals surface area contributed by atoms with Gasteiger partial charge in [0.05, 0.1) is 12.2 Å². The molecule has 1 aromatic carbocycles. The lowest BCUT2D eigenvalue weighted by atomic mass is 9.92. The lowest BCUT2D eigenvalue weighted by Gasteiger charge is -2.33. The second kappa shape index (κ2) is 18.5. The Balaban J connectivity index is 1.52. The summed E-state index contributed by atoms with van der Waals surface area (Å²) in [5.74, 6) is -8.40. The van der Waals surface area contributed by atoms with Gasteiger partial charge in [-0.15, -0.1) is 0 Å². The number of nitrogens with one attached hydrogen (secondary N) is 4. The first-order valence-electron chi connectivity index (χ1n) is 18.3. The molecule has 1 aromatic heterocycles. The number of benzene rings is 1. The Morgan fingerprint density at radius 2 is 1.57 bits per heavy atom. The number of carboxylic acids is 1. The molecule has 1 aliphatic carbocycles. The highest BCUT2D eigenvalue weighted by atomic mass is 16.4. The van der Waals surface area contributed by atoms with Gasteiger partial charge in [-0.1, -0.05) is 71.4 Å². The van der Waals surface area contributed by atoms with Crippen molar-refractivity contribution < 1.29 is 43.5 Å². The molecule has 0 radical (unpaired) electrons. The molecule has 290 valence electrons. The van der Waals surface area contributed by atoms with Crippen LogP contribution in [0.1, 0.15) is 76.4 Å². The zero-order valence-corrected chi connectivity index (χ0v) is 31.1. The van der Waals surface area contributed by atoms with E-state index in [1.807, 2.05) is 0 Å². The van der Waals surface area contributed by atoms with Gasteiger partial charge in [-0.05, 0) is 30.2 Å². The Hall–Kier alpha value is -5.54. The first-order chi connectivity index (χ1) is 25.6. The highest BCUT2D eigenvalue weighted by molar-refractivity contribution is 6.38. The third kappa shape index (κ3) is 9.90. The van der Waals surface area contributed by atoms with Gasteiger partial charge in [-0.25, -0.2) is 9.78 Å². The van der Waals surface area contributed by atoms with Crippen LogP contribution in [0.4, 0.5) is 0 Å². The van der Waals surface area contributed by atoms with E-state index in [4.69, 9.17) is 0 Å². The minimum atomic E-state index is -1.41. The van der Waals surface area contributed by atoms with Crippen LogP contribution in [-0.4, -0.2) is 104 Å². The average Bonchev–Trinajstić information content (AvgIpc) is 3.71. The fourth-order valence-electron chi connectivity index (χ4n) is 7.02. The van der Waals surface area contributed by atoms with E-state index >= 15 is 0 Å². The maximum Gasteiger partial charge on any atom is 0.326 e. The molecule has 1 aliphatic heterocycles. The molecule has 54 heavy (non-hydrogen) atoms. The van der Waals surface area contributed by atoms with E-state index in [0.717, 1.165) is 0 Å². The number of aliphatic carboxylic acids is 1. The van der Waals surface area contributed by atoms with Crippen LogP contribution in [0.15, 0.2) is 48.9 Å². The van der Waals surface area contributed by atoms with Crippen molar-refractivity contribution in [3.05, 3.63) is 60.2 Å². The molecule has 2 aromatic rings. The van der Waals surface area contributed by atoms with E-state index in [-0.39, 0.29) is 37.3 Å². The summed E-state index contributed by atoms with van der Waals surface area (Å²) in [6.07, 6.45) is 4.88. The first-order valence-corrected chi connectivity index (χ1v) is 18.3. The number of rotatable bonds is 17. The number of likely N-dealkylation sites (tertiary alicyclic amines) is 1. The molecule has 2 aliphatic rings. The summed E-state index contributed by atoms with van der Waals surface area (Å²) in [6, 6.07) is 2.42. The summed E-state index contributed by atoms with van der Waals surface area (Å²) >= 11 is 0. The van der Waals surface area contributed by atoms with E-state index in [1.54, 1.807) is 65.0 Å². The van der Waals surface area contributed by atoms with Crippen molar-refractivity contribution in [3.63, 3.8) is 0 Å². The predicted octanol–water partition coefficient (Wildman–Crippen LogP) is 0.844. The van der Waals surface area contributed by atoms with Gasteiger partial charge in [-0.2, -0.15) is 0 Å². The summed E-state index contributed by atoms with van der Waals surface area (Å²) in [5, 5.41) is 20.1. The van der Waals surface area contributed by atoms with Crippen LogP contribution in [0, 0.1) is 23.7 Å². The molecule has 7 atom stereocenters. The number of carbonyl (C=O) groups is 8. The fraction of sp³-hybridized carbons (Fsp3) is 0.526. The molecule has 16 nitrogen and oxygen atoms in total. The monoisotopic (exact) mass is 747 g/mol. The third-order valence-corrected chi connectivity index (χ3v) is 9.92. The first kappa shape index (κ1) is 41.2. The molecule has 16 heteroatoms. The van der Waals surface area contributed by atoms with Crippen LogP contribution in [0.2, 0.25) is 0 Å². The fourth-order valence-corrected chi connectivity index (χ4v) is 7.02. The predicted molar refractivity (Wildman–Crippen MR) is 193 cm³/mol. The van der Waals surface area contributed by atoms with Crippen molar-refractivity contribution in [2.75, 3.05) is 6.54 Å². The van der Waals surface area contributed by atoms with Gasteiger partial charge in [0, 0.05) is 43.6 Å². The largest absolute Gasteiger partial charge is 0.480 e. The summed E-state index contributed by atoms with van der Waals surface area (Å²) < 4.78 is 0. The Kier molecular flexibility index (Phi) is 14.1. The highest BCUT2D eigenvalue weighted by Gasteiger charge is 2.54. The lowest BCUT2D eigenvalue weighted by molar-refractivity contribution is -0.146. The standard InChI is InChI=1S/C38H49N7O9/c1-6-10-25(32(47)36(51)42-26(38(53)54)17-22-11-8-7-9-12-22)41-35(50)31-23-13-14-28(46)24(23)19-45(31)37(52)30(21(4)5)44-34(49)29(20(2)3)43-33(48)27-18-39-15-16-40-27/h7-9,11-12,15-16,18,20-21,23-26,29-31H,6,10,13-14,17,19H2,1-5H3,(H,41,50)(H,42,51)(H,43,48)(H,44,49)(H,53,54)/t23-,24?,25?,26-,29+,30-,31?/m0/s1. The average molecular weight is 748 g/mol. The van der Waals surface area contributed by atoms with Crippen LogP contribution in [0.3, 0.4) is 0 Å². The minimum absolute atomic E-state index is 0.000733. The van der Waals surface area contributed by atoms with Gasteiger partial charge in [0.25, 0.3) is 11.8 Å². The SMILES string of the molecule is CCCC(NC(=O)C1[C@H]2CCC(=O)C2CN1C(=O)[C@@H](NC(=O)[C@H](NC(=O)c1cnccn1)C(C)C)C(C)C)C(=O)C(=O)N[C@@H](Cc1ccccc1)C(=O)O. The number of carboxylic acid groups (broad SMARTS) is 1. The van der Waals surface area contributed by atoms with Gasteiger partial charge in [0.2, 0.25) is 23.5 Å². The summed E-state index contributed by atoms with van der Waals surface area (Å²) in [5.41, 5.74) is 0.630. The molecule has 2 fully saturated rings.